The van der Waals surface area contributed by atoms with Crippen molar-refractivity contribution in [2.45, 2.75) is 6.04 Å². The van der Waals surface area contributed by atoms with Gasteiger partial charge in [-0.2, -0.15) is 0 Å². The van der Waals surface area contributed by atoms with Crippen molar-refractivity contribution >= 4 is 12.4 Å². The number of rotatable bonds is 3. The summed E-state index contributed by atoms with van der Waals surface area (Å²) in [5, 5.41) is 0. The summed E-state index contributed by atoms with van der Waals surface area (Å²) in [6.45, 7) is 1.99. The van der Waals surface area contributed by atoms with E-state index < -0.39 is 0 Å². The average Bonchev–Trinajstić information content (AvgIpc) is 2.31. The zero-order valence-corrected chi connectivity index (χ0v) is 17.7. The minimum Gasteiger partial charge on any atom is -1.00 e. The van der Waals surface area contributed by atoms with Gasteiger partial charge in [-0.25, -0.2) is 0 Å². The molecule has 0 amide bonds. The van der Waals surface area contributed by atoms with Crippen LogP contribution in [0.4, 0.5) is 0 Å². The maximum Gasteiger partial charge on any atom is 4.00 e. The van der Waals surface area contributed by atoms with Crippen molar-refractivity contribution in [3.8, 4) is 0 Å². The molecular formula is C13H20Cl5NO2Ti. The third-order valence-electron chi connectivity index (χ3n) is 2.97. The maximum absolute atomic E-state index is 5.39. The number of benzene rings is 1. The molecule has 1 aromatic rings. The normalized spacial score (nSPS) is 14.5. The van der Waals surface area contributed by atoms with Crippen LogP contribution in [0, 0.1) is 5.92 Å². The summed E-state index contributed by atoms with van der Waals surface area (Å²) < 4.78 is 10.8. The largest absolute Gasteiger partial charge is 4.00 e. The van der Waals surface area contributed by atoms with Gasteiger partial charge in [0.2, 0.25) is 0 Å². The first kappa shape index (κ1) is 34.6. The van der Waals surface area contributed by atoms with E-state index in [1.807, 2.05) is 6.07 Å². The van der Waals surface area contributed by atoms with Crippen molar-refractivity contribution in [3.63, 3.8) is 0 Å². The smallest absolute Gasteiger partial charge is 1.00 e. The van der Waals surface area contributed by atoms with Crippen molar-refractivity contribution < 1.29 is 80.8 Å². The molecule has 1 aliphatic rings. The first-order valence-corrected chi connectivity index (χ1v) is 5.66. The molecule has 0 N–H and O–H groups in total. The maximum atomic E-state index is 5.39. The van der Waals surface area contributed by atoms with Crippen LogP contribution in [0.1, 0.15) is 11.6 Å². The van der Waals surface area contributed by atoms with E-state index in [0.717, 1.165) is 13.2 Å². The van der Waals surface area contributed by atoms with Crippen LogP contribution in [0.2, 0.25) is 0 Å². The van der Waals surface area contributed by atoms with Gasteiger partial charge in [-0.15, -0.1) is 12.4 Å². The SMILES string of the molecule is CN(C)C(c1ccccc1)C1COCOC1.Cl.[Cl-].[Cl-].[Cl-].[Cl-].[Ti+4]. The molecule has 0 radical (unpaired) electrons. The first-order valence-electron chi connectivity index (χ1n) is 5.66. The van der Waals surface area contributed by atoms with Crippen LogP contribution in [-0.2, 0) is 31.2 Å². The summed E-state index contributed by atoms with van der Waals surface area (Å²) in [7, 11) is 4.21. The van der Waals surface area contributed by atoms with Crippen LogP contribution < -0.4 is 49.6 Å². The van der Waals surface area contributed by atoms with E-state index in [1.165, 1.54) is 5.56 Å². The van der Waals surface area contributed by atoms with Crippen molar-refractivity contribution in [1.29, 1.82) is 0 Å². The molecule has 128 valence electrons. The molecule has 2 rings (SSSR count). The van der Waals surface area contributed by atoms with E-state index in [2.05, 4.69) is 43.3 Å². The second-order valence-electron chi connectivity index (χ2n) is 4.44. The van der Waals surface area contributed by atoms with Gasteiger partial charge in [-0.05, 0) is 19.7 Å². The summed E-state index contributed by atoms with van der Waals surface area (Å²) in [4.78, 5) is 2.23. The van der Waals surface area contributed by atoms with E-state index in [-0.39, 0.29) is 83.8 Å². The summed E-state index contributed by atoms with van der Waals surface area (Å²) in [6, 6.07) is 10.9. The molecular weight excluding hydrogens is 427 g/mol. The second-order valence-corrected chi connectivity index (χ2v) is 4.44. The predicted molar refractivity (Wildman–Crippen MR) is 70.4 cm³/mol. The van der Waals surface area contributed by atoms with Crippen LogP contribution in [0.3, 0.4) is 0 Å². The molecule has 0 aromatic heterocycles. The molecule has 0 spiro atoms. The molecule has 1 aromatic carbocycles. The Kier molecular flexibility index (Phi) is 29.2. The molecule has 1 unspecified atom stereocenters. The summed E-state index contributed by atoms with van der Waals surface area (Å²) in [5.74, 6) is 0.408. The first-order chi connectivity index (χ1) is 7.79. The van der Waals surface area contributed by atoms with E-state index in [0.29, 0.717) is 18.8 Å². The Bertz CT molecular complexity index is 329. The molecule has 1 heterocycles. The van der Waals surface area contributed by atoms with Crippen LogP contribution >= 0.6 is 12.4 Å². The Balaban J connectivity index is -0.000000161. The van der Waals surface area contributed by atoms with Crippen molar-refractivity contribution in [1.82, 2.24) is 4.90 Å². The Hall–Kier alpha value is 1.26. The van der Waals surface area contributed by atoms with Crippen molar-refractivity contribution in [2.75, 3.05) is 34.1 Å². The third-order valence-corrected chi connectivity index (χ3v) is 2.97. The molecule has 0 aliphatic carbocycles. The standard InChI is InChI=1S/C13H19NO2.5ClH.Ti/c1-14(2)13(11-6-4-3-5-7-11)12-8-15-10-16-9-12;;;;;;/h3-7,12-13H,8-10H2,1-2H3;5*1H;/q;;;;;;+4/p-4. The fourth-order valence-corrected chi connectivity index (χ4v) is 2.33. The van der Waals surface area contributed by atoms with Gasteiger partial charge >= 0.3 is 21.7 Å². The van der Waals surface area contributed by atoms with E-state index in [4.69, 9.17) is 9.47 Å². The molecule has 0 bridgehead atoms. The fraction of sp³-hybridized carbons (Fsp3) is 0.538. The number of nitrogens with zero attached hydrogens (tertiary/aromatic N) is 1. The topological polar surface area (TPSA) is 21.7 Å². The monoisotopic (exact) mass is 445 g/mol. The summed E-state index contributed by atoms with van der Waals surface area (Å²) in [6.07, 6.45) is 0. The van der Waals surface area contributed by atoms with Crippen LogP contribution in [0.15, 0.2) is 30.3 Å². The molecule has 1 aliphatic heterocycles. The quantitative estimate of drug-likeness (QED) is 0.430. The van der Waals surface area contributed by atoms with Crippen LogP contribution in [-0.4, -0.2) is 39.0 Å². The Morgan fingerprint density at radius 1 is 0.955 bits per heavy atom. The van der Waals surface area contributed by atoms with Gasteiger partial charge in [0.05, 0.1) is 13.2 Å². The van der Waals surface area contributed by atoms with E-state index in [9.17, 15) is 0 Å². The average molecular weight is 447 g/mol. The van der Waals surface area contributed by atoms with E-state index in [1.54, 1.807) is 0 Å². The third kappa shape index (κ3) is 10.2. The molecule has 1 atom stereocenters. The van der Waals surface area contributed by atoms with Crippen molar-refractivity contribution in [2.24, 2.45) is 5.92 Å². The molecule has 9 heteroatoms. The van der Waals surface area contributed by atoms with E-state index >= 15 is 0 Å². The minimum atomic E-state index is 0. The molecule has 1 fully saturated rings. The zero-order chi connectivity index (χ0) is 11.4. The van der Waals surface area contributed by atoms with Crippen molar-refractivity contribution in [3.05, 3.63) is 35.9 Å². The Morgan fingerprint density at radius 3 is 1.82 bits per heavy atom. The zero-order valence-electron chi connectivity index (χ0n) is 12.3. The number of ether oxygens (including phenoxy) is 2. The molecule has 0 saturated carbocycles. The predicted octanol–water partition coefficient (Wildman–Crippen LogP) is -9.65. The Labute approximate surface area is 179 Å². The summed E-state index contributed by atoms with van der Waals surface area (Å²) >= 11 is 0. The minimum absolute atomic E-state index is 0. The van der Waals surface area contributed by atoms with Gasteiger partial charge in [-0.1, -0.05) is 30.3 Å². The number of hydrogen-bond acceptors (Lipinski definition) is 3. The Morgan fingerprint density at radius 2 is 1.41 bits per heavy atom. The van der Waals surface area contributed by atoms with Gasteiger partial charge in [0.25, 0.3) is 0 Å². The fourth-order valence-electron chi connectivity index (χ4n) is 2.33. The van der Waals surface area contributed by atoms with Gasteiger partial charge in [0.1, 0.15) is 6.79 Å². The number of halogens is 5. The molecule has 3 nitrogen and oxygen atoms in total. The van der Waals surface area contributed by atoms with Crippen LogP contribution in [0.5, 0.6) is 0 Å². The van der Waals surface area contributed by atoms with Gasteiger partial charge in [-0.3, -0.25) is 0 Å². The molecule has 22 heavy (non-hydrogen) atoms. The van der Waals surface area contributed by atoms with Crippen LogP contribution in [0.25, 0.3) is 0 Å². The number of hydrogen-bond donors (Lipinski definition) is 0. The molecule has 1 saturated heterocycles. The van der Waals surface area contributed by atoms with Gasteiger partial charge in [0.15, 0.2) is 0 Å². The second kappa shape index (κ2) is 18.6. The van der Waals surface area contributed by atoms with Gasteiger partial charge in [0, 0.05) is 12.0 Å². The van der Waals surface area contributed by atoms with Gasteiger partial charge < -0.3 is 64.0 Å². The summed E-state index contributed by atoms with van der Waals surface area (Å²) in [5.41, 5.74) is 1.33.